The fraction of sp³-hybridized carbons (Fsp3) is 0.857. The quantitative estimate of drug-likeness (QED) is 0.0473. The average Bonchev–Trinajstić information content (AvgIpc) is 3.24. The molecule has 1 aromatic rings. The molecule has 0 radical (unpaired) electrons. The first-order chi connectivity index (χ1) is 18.0. The topological polar surface area (TPSA) is 86.3 Å². The molecule has 0 aliphatic rings. The van der Waals surface area contributed by atoms with Gasteiger partial charge in [-0.15, -0.1) is 34.9 Å². The summed E-state index contributed by atoms with van der Waals surface area (Å²) in [5, 5.41) is 23.4. The van der Waals surface area contributed by atoms with Crippen LogP contribution in [0.5, 0.6) is 0 Å². The number of unbranched alkanes of at least 4 members (excludes halogenated alkanes) is 18. The van der Waals surface area contributed by atoms with Crippen LogP contribution in [-0.4, -0.2) is 21.4 Å². The Hall–Kier alpha value is -0.800. The number of thiophene rings is 1. The summed E-state index contributed by atoms with van der Waals surface area (Å²) in [6.07, 6.45) is 24.9. The van der Waals surface area contributed by atoms with E-state index < -0.39 is 9.85 Å². The van der Waals surface area contributed by atoms with E-state index in [9.17, 15) is 20.2 Å². The van der Waals surface area contributed by atoms with Crippen molar-refractivity contribution < 1.29 is 9.85 Å². The van der Waals surface area contributed by atoms with Gasteiger partial charge in [-0.2, -0.15) is 0 Å². The minimum Gasteiger partial charge on any atom is -0.258 e. The average molecular weight is 575 g/mol. The number of hydrogen-bond acceptors (Lipinski definition) is 7. The van der Waals surface area contributed by atoms with Crippen LogP contribution in [0.3, 0.4) is 0 Å². The monoisotopic (exact) mass is 574 g/mol. The summed E-state index contributed by atoms with van der Waals surface area (Å²) in [5.74, 6) is 1.55. The summed E-state index contributed by atoms with van der Waals surface area (Å²) < 4.78 is 0.997. The van der Waals surface area contributed by atoms with E-state index in [0.717, 1.165) is 37.2 Å². The Morgan fingerprint density at radius 2 is 0.784 bits per heavy atom. The number of nitrogens with zero attached hydrogens (tertiary/aromatic N) is 2. The van der Waals surface area contributed by atoms with Gasteiger partial charge in [0.15, 0.2) is 0 Å². The van der Waals surface area contributed by atoms with Crippen molar-refractivity contribution in [1.29, 1.82) is 0 Å². The van der Waals surface area contributed by atoms with Crippen molar-refractivity contribution >= 4 is 46.2 Å². The summed E-state index contributed by atoms with van der Waals surface area (Å²) >= 11 is 4.10. The van der Waals surface area contributed by atoms with E-state index in [1.807, 2.05) is 0 Å². The van der Waals surface area contributed by atoms with Crippen LogP contribution in [-0.2, 0) is 0 Å². The van der Waals surface area contributed by atoms with E-state index in [2.05, 4.69) is 13.8 Å². The molecule has 0 amide bonds. The Kier molecular flexibility index (Phi) is 21.4. The lowest BCUT2D eigenvalue weighted by Gasteiger charge is -2.02. The van der Waals surface area contributed by atoms with Crippen molar-refractivity contribution in [3.05, 3.63) is 20.2 Å². The van der Waals surface area contributed by atoms with Gasteiger partial charge in [0.1, 0.15) is 8.42 Å². The van der Waals surface area contributed by atoms with Crippen LogP contribution < -0.4 is 0 Å². The number of rotatable bonds is 26. The van der Waals surface area contributed by atoms with Gasteiger partial charge in [-0.25, -0.2) is 0 Å². The highest BCUT2D eigenvalue weighted by Gasteiger charge is 2.36. The zero-order valence-electron chi connectivity index (χ0n) is 23.3. The van der Waals surface area contributed by atoms with Crippen LogP contribution in [0.1, 0.15) is 142 Å². The highest BCUT2D eigenvalue weighted by molar-refractivity contribution is 8.03. The highest BCUT2D eigenvalue weighted by atomic mass is 32.2. The molecule has 1 heterocycles. The molecule has 0 spiro atoms. The van der Waals surface area contributed by atoms with Crippen LogP contribution >= 0.6 is 34.9 Å². The molecule has 9 heteroatoms. The Morgan fingerprint density at radius 1 is 0.514 bits per heavy atom. The largest absolute Gasteiger partial charge is 0.371 e. The second-order valence-electron chi connectivity index (χ2n) is 9.95. The van der Waals surface area contributed by atoms with Crippen LogP contribution in [0, 0.1) is 20.2 Å². The molecule has 0 aliphatic heterocycles. The third-order valence-corrected chi connectivity index (χ3v) is 10.5. The Bertz CT molecular complexity index is 685. The lowest BCUT2D eigenvalue weighted by Crippen LogP contribution is -1.95. The normalized spacial score (nSPS) is 11.3. The SMILES string of the molecule is CCCCCCCCCCCCSc1sc(SCCCCCCCCCCCC)c([N+](=O)[O-])c1[N+](=O)[O-]. The summed E-state index contributed by atoms with van der Waals surface area (Å²) in [4.78, 5) is 22.3. The van der Waals surface area contributed by atoms with Gasteiger partial charge in [-0.05, 0) is 24.3 Å². The third kappa shape index (κ3) is 16.0. The van der Waals surface area contributed by atoms with E-state index in [1.54, 1.807) is 0 Å². The van der Waals surface area contributed by atoms with Gasteiger partial charge in [0.2, 0.25) is 0 Å². The molecule has 1 aromatic heterocycles. The molecule has 1 rings (SSSR count). The van der Waals surface area contributed by atoms with Crippen LogP contribution in [0.25, 0.3) is 0 Å². The Balaban J connectivity index is 2.36. The molecule has 0 bridgehead atoms. The van der Waals surface area contributed by atoms with Gasteiger partial charge in [-0.1, -0.05) is 129 Å². The molecule has 37 heavy (non-hydrogen) atoms. The van der Waals surface area contributed by atoms with E-state index in [4.69, 9.17) is 0 Å². The second-order valence-corrected chi connectivity index (χ2v) is 13.7. The standard InChI is InChI=1S/C28H50N2O4S3/c1-3-5-7-9-11-13-15-17-19-21-23-35-27-25(29(31)32)26(30(33)34)28(37-27)36-24-22-20-18-16-14-12-10-8-6-4-2/h3-24H2,1-2H3. The summed E-state index contributed by atoms with van der Waals surface area (Å²) in [7, 11) is 0. The van der Waals surface area contributed by atoms with E-state index in [-0.39, 0.29) is 11.4 Å². The molecular weight excluding hydrogens is 525 g/mol. The second kappa shape index (κ2) is 23.1. The number of thioether (sulfide) groups is 2. The molecular formula is C28H50N2O4S3. The molecule has 0 aromatic carbocycles. The van der Waals surface area contributed by atoms with Crippen molar-refractivity contribution in [2.75, 3.05) is 11.5 Å². The van der Waals surface area contributed by atoms with Gasteiger partial charge in [0, 0.05) is 0 Å². The first-order valence-corrected chi connectivity index (χ1v) is 17.5. The maximum absolute atomic E-state index is 11.7. The van der Waals surface area contributed by atoms with Crippen molar-refractivity contribution in [1.82, 2.24) is 0 Å². The molecule has 0 unspecified atom stereocenters. The van der Waals surface area contributed by atoms with Crippen LogP contribution in [0.2, 0.25) is 0 Å². The van der Waals surface area contributed by atoms with Gasteiger partial charge < -0.3 is 0 Å². The molecule has 0 fully saturated rings. The van der Waals surface area contributed by atoms with Crippen LogP contribution in [0.4, 0.5) is 11.4 Å². The predicted octanol–water partition coefficient (Wildman–Crippen LogP) is 11.6. The smallest absolute Gasteiger partial charge is 0.258 e. The molecule has 0 atom stereocenters. The first-order valence-electron chi connectivity index (χ1n) is 14.7. The van der Waals surface area contributed by atoms with Crippen molar-refractivity contribution in [2.45, 2.75) is 151 Å². The molecule has 0 saturated heterocycles. The fourth-order valence-corrected chi connectivity index (χ4v) is 8.42. The first kappa shape index (κ1) is 34.2. The summed E-state index contributed by atoms with van der Waals surface area (Å²) in [5.41, 5.74) is -0.588. The molecule has 214 valence electrons. The summed E-state index contributed by atoms with van der Waals surface area (Å²) in [6.45, 7) is 4.47. The van der Waals surface area contributed by atoms with Gasteiger partial charge >= 0.3 is 11.4 Å². The lowest BCUT2D eigenvalue weighted by molar-refractivity contribution is -0.425. The van der Waals surface area contributed by atoms with Gasteiger partial charge in [-0.3, -0.25) is 20.2 Å². The molecule has 0 N–H and O–H groups in total. The van der Waals surface area contributed by atoms with E-state index in [1.165, 1.54) is 138 Å². The maximum Gasteiger partial charge on any atom is 0.371 e. The van der Waals surface area contributed by atoms with Crippen molar-refractivity contribution in [3.8, 4) is 0 Å². The fourth-order valence-electron chi connectivity index (χ4n) is 4.40. The number of hydrogen-bond donors (Lipinski definition) is 0. The van der Waals surface area contributed by atoms with Gasteiger partial charge in [0.25, 0.3) is 0 Å². The zero-order valence-corrected chi connectivity index (χ0v) is 25.8. The minimum atomic E-state index is -0.555. The Morgan fingerprint density at radius 3 is 1.05 bits per heavy atom. The zero-order chi connectivity index (χ0) is 27.1. The molecule has 6 nitrogen and oxygen atoms in total. The molecule has 0 saturated carbocycles. The molecule has 0 aliphatic carbocycles. The van der Waals surface area contributed by atoms with E-state index in [0.29, 0.717) is 8.42 Å². The Labute approximate surface area is 237 Å². The predicted molar refractivity (Wildman–Crippen MR) is 163 cm³/mol. The summed E-state index contributed by atoms with van der Waals surface area (Å²) in [6, 6.07) is 0. The van der Waals surface area contributed by atoms with Crippen molar-refractivity contribution in [3.63, 3.8) is 0 Å². The lowest BCUT2D eigenvalue weighted by atomic mass is 10.1. The maximum atomic E-state index is 11.7. The van der Waals surface area contributed by atoms with Gasteiger partial charge in [0.05, 0.1) is 9.85 Å². The van der Waals surface area contributed by atoms with Crippen LogP contribution in [0.15, 0.2) is 8.42 Å². The highest BCUT2D eigenvalue weighted by Crippen LogP contribution is 2.51. The van der Waals surface area contributed by atoms with E-state index >= 15 is 0 Å². The minimum absolute atomic E-state index is 0.294. The number of nitro groups is 2. The van der Waals surface area contributed by atoms with Crippen molar-refractivity contribution in [2.24, 2.45) is 0 Å². The third-order valence-electron chi connectivity index (χ3n) is 6.62.